The lowest BCUT2D eigenvalue weighted by molar-refractivity contribution is -0.198. The maximum Gasteiger partial charge on any atom is 0.429 e. The number of hydrogen-bond acceptors (Lipinski definition) is 8. The molecule has 2 atom stereocenters. The summed E-state index contributed by atoms with van der Waals surface area (Å²) in [6.07, 6.45) is -3.66. The Labute approximate surface area is 283 Å². The molecule has 4 aromatic rings. The first-order chi connectivity index (χ1) is 23.0. The molecular weight excluding hydrogens is 635 g/mol. The minimum absolute atomic E-state index is 0.122. The molecule has 2 aliphatic heterocycles. The minimum Gasteiger partial charge on any atom is -0.480 e. The van der Waals surface area contributed by atoms with Crippen LogP contribution in [0.25, 0.3) is 16.8 Å². The van der Waals surface area contributed by atoms with Crippen molar-refractivity contribution in [3.8, 4) is 22.7 Å². The monoisotopic (exact) mass is 677 g/mol. The third kappa shape index (κ3) is 7.36. The highest BCUT2D eigenvalue weighted by atomic mass is 19.4. The second kappa shape index (κ2) is 12.7. The molecule has 4 N–H and O–H groups in total. The number of aryl methyl sites for hydroxylation is 2. The van der Waals surface area contributed by atoms with Crippen LogP contribution in [0.1, 0.15) is 68.5 Å². The fourth-order valence-corrected chi connectivity index (χ4v) is 6.84. The molecule has 13 heteroatoms. The van der Waals surface area contributed by atoms with Crippen LogP contribution < -0.4 is 20.7 Å². The zero-order valence-corrected chi connectivity index (χ0v) is 28.3. The number of aromatic nitrogens is 4. The Morgan fingerprint density at radius 3 is 2.39 bits per heavy atom. The number of carboxylic acids is 1. The first kappa shape index (κ1) is 34.2. The third-order valence-electron chi connectivity index (χ3n) is 9.61. The van der Waals surface area contributed by atoms with Gasteiger partial charge in [0, 0.05) is 37.5 Å². The van der Waals surface area contributed by atoms with E-state index in [0.29, 0.717) is 50.4 Å². The van der Waals surface area contributed by atoms with Crippen molar-refractivity contribution in [1.29, 1.82) is 0 Å². The smallest absolute Gasteiger partial charge is 0.429 e. The van der Waals surface area contributed by atoms with Crippen LogP contribution in [0.3, 0.4) is 0 Å². The highest BCUT2D eigenvalue weighted by molar-refractivity contribution is 5.74. The fraction of sp³-hybridized carbons (Fsp3) is 0.444. The largest absolute Gasteiger partial charge is 0.480 e. The lowest BCUT2D eigenvalue weighted by atomic mass is 9.76. The third-order valence-corrected chi connectivity index (χ3v) is 9.61. The highest BCUT2D eigenvalue weighted by Gasteiger charge is 2.46. The number of alkyl halides is 3. The molecule has 10 nitrogen and oxygen atoms in total. The molecule has 2 aromatic carbocycles. The van der Waals surface area contributed by atoms with E-state index in [1.165, 1.54) is 16.8 Å². The van der Waals surface area contributed by atoms with Crippen molar-refractivity contribution in [2.75, 3.05) is 30.3 Å². The number of aliphatic carboxylic acids is 1. The van der Waals surface area contributed by atoms with E-state index in [1.807, 2.05) is 17.9 Å². The zero-order chi connectivity index (χ0) is 35.3. The number of piperidine rings is 1. The van der Waals surface area contributed by atoms with Gasteiger partial charge in [-0.3, -0.25) is 4.79 Å². The summed E-state index contributed by atoms with van der Waals surface area (Å²) in [6.45, 7) is 11.8. The number of benzene rings is 2. The number of nitrogens with zero attached hydrogens (tertiary/aromatic N) is 5. The van der Waals surface area contributed by atoms with E-state index < -0.39 is 24.3 Å². The minimum atomic E-state index is -4.82. The number of rotatable bonds is 7. The van der Waals surface area contributed by atoms with E-state index in [2.05, 4.69) is 53.3 Å². The van der Waals surface area contributed by atoms with E-state index in [1.54, 1.807) is 31.3 Å². The molecule has 0 aliphatic carbocycles. The molecule has 4 heterocycles. The number of nitrogens with two attached hydrogens (primary N) is 1. The van der Waals surface area contributed by atoms with Crippen molar-refractivity contribution >= 4 is 17.7 Å². The van der Waals surface area contributed by atoms with E-state index in [-0.39, 0.29) is 33.9 Å². The molecule has 6 rings (SSSR count). The van der Waals surface area contributed by atoms with Crippen molar-refractivity contribution in [3.05, 3.63) is 77.1 Å². The van der Waals surface area contributed by atoms with Crippen LogP contribution in [0.5, 0.6) is 5.88 Å². The average molecular weight is 678 g/mol. The summed E-state index contributed by atoms with van der Waals surface area (Å²) in [5, 5.41) is 17.0. The van der Waals surface area contributed by atoms with Crippen molar-refractivity contribution in [3.63, 3.8) is 0 Å². The summed E-state index contributed by atoms with van der Waals surface area (Å²) in [7, 11) is 0. The number of halogens is 3. The number of nitrogens with one attached hydrogen (secondary N) is 1. The van der Waals surface area contributed by atoms with Gasteiger partial charge in [-0.2, -0.15) is 28.2 Å². The quantitative estimate of drug-likeness (QED) is 0.200. The highest BCUT2D eigenvalue weighted by Crippen LogP contribution is 2.43. The molecule has 2 aromatic heterocycles. The lowest BCUT2D eigenvalue weighted by Crippen LogP contribution is -2.41. The molecular formula is C36H42F3N7O3. The fourth-order valence-electron chi connectivity index (χ4n) is 6.84. The van der Waals surface area contributed by atoms with Gasteiger partial charge in [-0.1, -0.05) is 56.7 Å². The molecule has 49 heavy (non-hydrogen) atoms. The van der Waals surface area contributed by atoms with E-state index in [9.17, 15) is 23.1 Å². The predicted molar refractivity (Wildman–Crippen MR) is 181 cm³/mol. The van der Waals surface area contributed by atoms with Gasteiger partial charge >= 0.3 is 12.1 Å². The second-order valence-electron chi connectivity index (χ2n) is 14.4. The maximum atomic E-state index is 15.0. The molecule has 2 fully saturated rings. The van der Waals surface area contributed by atoms with Crippen molar-refractivity contribution in [1.82, 2.24) is 25.1 Å². The molecule has 260 valence electrons. The van der Waals surface area contributed by atoms with Gasteiger partial charge in [0.2, 0.25) is 17.9 Å². The number of carbonyl (C=O) groups is 1. The molecule has 0 bridgehead atoms. The van der Waals surface area contributed by atoms with Gasteiger partial charge in [0.15, 0.2) is 0 Å². The number of ether oxygens (including phenoxy) is 1. The normalized spacial score (nSPS) is 18.5. The van der Waals surface area contributed by atoms with Gasteiger partial charge in [-0.25, -0.2) is 4.68 Å². The van der Waals surface area contributed by atoms with Crippen LogP contribution in [0.4, 0.5) is 24.9 Å². The predicted octanol–water partition coefficient (Wildman–Crippen LogP) is 6.54. The van der Waals surface area contributed by atoms with Crippen LogP contribution in [0.15, 0.2) is 54.7 Å². The summed E-state index contributed by atoms with van der Waals surface area (Å²) in [5.74, 6) is -1.03. The lowest BCUT2D eigenvalue weighted by Gasteiger charge is -2.39. The SMILES string of the molecule is Cc1cc(-c2ccc([C@@H](Oc3cc(N4CCC5(CC4)CN[C@H](C(=O)O)C5)nc(N)n3)C(F)(F)F)c(-n3ccc(C)n3)c2)cc(C(C)(C)C)c1. The number of nitrogen functional groups attached to an aromatic ring is 1. The molecule has 0 unspecified atom stereocenters. The Bertz CT molecular complexity index is 1860. The average Bonchev–Trinajstić information content (AvgIpc) is 3.65. The Morgan fingerprint density at radius 2 is 1.78 bits per heavy atom. The zero-order valence-electron chi connectivity index (χ0n) is 28.3. The van der Waals surface area contributed by atoms with Crippen molar-refractivity contribution < 1.29 is 27.8 Å². The number of hydrogen-bond donors (Lipinski definition) is 3. The van der Waals surface area contributed by atoms with Crippen molar-refractivity contribution in [2.24, 2.45) is 5.41 Å². The first-order valence-corrected chi connectivity index (χ1v) is 16.4. The van der Waals surface area contributed by atoms with E-state index >= 15 is 0 Å². The topological polar surface area (TPSA) is 131 Å². The van der Waals surface area contributed by atoms with E-state index in [0.717, 1.165) is 22.3 Å². The van der Waals surface area contributed by atoms with Crippen molar-refractivity contribution in [2.45, 2.75) is 77.6 Å². The van der Waals surface area contributed by atoms with Gasteiger partial charge in [0.05, 0.1) is 11.4 Å². The summed E-state index contributed by atoms with van der Waals surface area (Å²) in [6, 6.07) is 13.6. The van der Waals surface area contributed by atoms with Crippen LogP contribution >= 0.6 is 0 Å². The Balaban J connectivity index is 1.33. The standard InChI is InChI=1S/C36H42F3N7O3/c1-21-14-24(16-25(15-21)34(3,4)5)23-6-7-26(28(17-23)46-11-8-22(2)44-46)31(36(37,38)39)49-30-18-29(42-33(40)43-30)45-12-9-35(10-13-45)19-27(32(47)48)41-20-35/h6-8,11,14-18,27,31,41H,9-10,12-13,19-20H2,1-5H3,(H,47,48)(H2,40,42,43)/t27-,31+/m0/s1. The van der Waals surface area contributed by atoms with Gasteiger partial charge < -0.3 is 25.8 Å². The van der Waals surface area contributed by atoms with Crippen LogP contribution in [0.2, 0.25) is 0 Å². The summed E-state index contributed by atoms with van der Waals surface area (Å²) >= 11 is 0. The first-order valence-electron chi connectivity index (χ1n) is 16.4. The maximum absolute atomic E-state index is 15.0. The molecule has 1 spiro atoms. The second-order valence-corrected chi connectivity index (χ2v) is 14.4. The molecule has 0 radical (unpaired) electrons. The van der Waals surface area contributed by atoms with E-state index in [4.69, 9.17) is 10.5 Å². The van der Waals surface area contributed by atoms with Gasteiger partial charge in [0.25, 0.3) is 0 Å². The molecule has 2 aliphatic rings. The summed E-state index contributed by atoms with van der Waals surface area (Å²) in [5.41, 5.74) is 10.3. The Kier molecular flexibility index (Phi) is 8.85. The van der Waals surface area contributed by atoms with Gasteiger partial charge in [0.1, 0.15) is 11.9 Å². The number of carboxylic acid groups (broad SMARTS) is 1. The Hall–Kier alpha value is -4.65. The number of anilines is 2. The summed E-state index contributed by atoms with van der Waals surface area (Å²) < 4.78 is 52.1. The van der Waals surface area contributed by atoms with Crippen LogP contribution in [-0.2, 0) is 10.2 Å². The Morgan fingerprint density at radius 1 is 1.04 bits per heavy atom. The van der Waals surface area contributed by atoms with Gasteiger partial charge in [-0.05, 0) is 72.8 Å². The molecule has 2 saturated heterocycles. The van der Waals surface area contributed by atoms with Gasteiger partial charge in [-0.15, -0.1) is 0 Å². The van der Waals surface area contributed by atoms with Crippen LogP contribution in [-0.4, -0.2) is 62.7 Å². The van der Waals surface area contributed by atoms with Crippen LogP contribution in [0, 0.1) is 19.3 Å². The molecule has 0 saturated carbocycles. The molecule has 0 amide bonds. The summed E-state index contributed by atoms with van der Waals surface area (Å²) in [4.78, 5) is 21.8.